The molecule has 4 aromatic rings. The van der Waals surface area contributed by atoms with Gasteiger partial charge in [0.1, 0.15) is 22.2 Å². The molecule has 1 unspecified atom stereocenters. The molecule has 2 aromatic carbocycles. The van der Waals surface area contributed by atoms with Crippen LogP contribution in [0.4, 0.5) is 5.82 Å². The van der Waals surface area contributed by atoms with E-state index < -0.39 is 16.4 Å². The number of aromatic nitrogens is 2. The van der Waals surface area contributed by atoms with Gasteiger partial charge in [0.2, 0.25) is 0 Å². The number of benzene rings is 2. The summed E-state index contributed by atoms with van der Waals surface area (Å²) in [5, 5.41) is 0.986. The molecule has 1 atom stereocenters. The number of rotatable bonds is 13. The monoisotopic (exact) mass is 605 g/mol. The minimum absolute atomic E-state index is 0.0938. The molecule has 10 heteroatoms. The van der Waals surface area contributed by atoms with Crippen molar-refractivity contribution < 1.29 is 26.8 Å². The van der Waals surface area contributed by atoms with E-state index in [1.54, 1.807) is 19.1 Å². The molecule has 0 aliphatic carbocycles. The van der Waals surface area contributed by atoms with E-state index in [9.17, 15) is 8.42 Å². The number of ether oxygens (including phenoxy) is 3. The first-order chi connectivity index (χ1) is 20.9. The first-order valence-electron chi connectivity index (χ1n) is 14.9. The third kappa shape index (κ3) is 7.62. The fraction of sp³-hybridized carbons (Fsp3) is 0.394. The number of nitrogens with zero attached hydrogens (tertiary/aromatic N) is 3. The minimum atomic E-state index is -3.97. The number of anilines is 1. The van der Waals surface area contributed by atoms with Gasteiger partial charge in [0.25, 0.3) is 10.1 Å². The van der Waals surface area contributed by atoms with Crippen LogP contribution < -0.4 is 14.4 Å². The number of hydrogen-bond acceptors (Lipinski definition) is 9. The fourth-order valence-electron chi connectivity index (χ4n) is 5.06. The molecule has 9 nitrogen and oxygen atoms in total. The smallest absolute Gasteiger partial charge is 0.299 e. The van der Waals surface area contributed by atoms with Crippen molar-refractivity contribution in [1.29, 1.82) is 0 Å². The maximum Gasteiger partial charge on any atom is 0.299 e. The second-order valence-corrected chi connectivity index (χ2v) is 11.9. The number of hydrogen-bond donors (Lipinski definition) is 0. The van der Waals surface area contributed by atoms with Crippen LogP contribution in [0, 0.1) is 6.92 Å². The maximum atomic E-state index is 12.9. The summed E-state index contributed by atoms with van der Waals surface area (Å²) in [7, 11) is -3.97. The Balaban J connectivity index is 1.13. The van der Waals surface area contributed by atoms with Crippen molar-refractivity contribution in [3.05, 3.63) is 72.4 Å². The largest absolute Gasteiger partial charge is 0.493 e. The Hall–Kier alpha value is -3.73. The Kier molecular flexibility index (Phi) is 10.1. The average Bonchev–Trinajstić information content (AvgIpc) is 3.02. The molecular weight excluding hydrogens is 566 g/mol. The molecule has 1 fully saturated rings. The Bertz CT molecular complexity index is 1620. The molecular formula is C33H39N3O6S. The normalized spacial score (nSPS) is 15.4. The molecule has 0 radical (unpaired) electrons. The third-order valence-electron chi connectivity index (χ3n) is 7.48. The van der Waals surface area contributed by atoms with Crippen LogP contribution >= 0.6 is 0 Å². The molecule has 0 amide bonds. The van der Waals surface area contributed by atoms with Gasteiger partial charge in [-0.15, -0.1) is 0 Å². The number of pyridine rings is 2. The zero-order valence-electron chi connectivity index (χ0n) is 25.0. The van der Waals surface area contributed by atoms with Crippen molar-refractivity contribution in [2.75, 3.05) is 37.8 Å². The molecule has 1 aliphatic rings. The lowest BCUT2D eigenvalue weighted by Crippen LogP contribution is -2.25. The predicted octanol–water partition coefficient (Wildman–Crippen LogP) is 6.53. The zero-order valence-corrected chi connectivity index (χ0v) is 25.8. The molecule has 0 N–H and O–H groups in total. The molecule has 3 heterocycles. The Morgan fingerprint density at radius 1 is 0.977 bits per heavy atom. The minimum Gasteiger partial charge on any atom is -0.493 e. The molecule has 0 saturated carbocycles. The Labute approximate surface area is 253 Å². The molecule has 5 rings (SSSR count). The van der Waals surface area contributed by atoms with E-state index in [4.69, 9.17) is 23.4 Å². The second kappa shape index (κ2) is 14.2. The van der Waals surface area contributed by atoms with Crippen LogP contribution in [0.1, 0.15) is 45.1 Å². The molecule has 1 saturated heterocycles. The third-order valence-corrected chi connectivity index (χ3v) is 8.93. The topological polar surface area (TPSA) is 100 Å². The first-order valence-corrected chi connectivity index (χ1v) is 16.3. The molecule has 1 aliphatic heterocycles. The fourth-order valence-corrected chi connectivity index (χ4v) is 6.32. The molecule has 0 spiro atoms. The lowest BCUT2D eigenvalue weighted by molar-refractivity contribution is -0.102. The Morgan fingerprint density at radius 2 is 1.81 bits per heavy atom. The SMILES string of the molecule is CCN(CC)c1ccc(-c2ccc3cc(OCCCOc4cccc(S(=O)(=O)OC5CCCCO5)c4C)ccc3n2)cn1. The van der Waals surface area contributed by atoms with Crippen molar-refractivity contribution >= 4 is 26.8 Å². The van der Waals surface area contributed by atoms with Crippen molar-refractivity contribution in [2.24, 2.45) is 0 Å². The van der Waals surface area contributed by atoms with Crippen LogP contribution in [0.25, 0.3) is 22.2 Å². The molecule has 0 bridgehead atoms. The summed E-state index contributed by atoms with van der Waals surface area (Å²) in [5.41, 5.74) is 3.24. The van der Waals surface area contributed by atoms with Gasteiger partial charge < -0.3 is 19.1 Å². The van der Waals surface area contributed by atoms with Crippen LogP contribution in [-0.2, 0) is 19.0 Å². The molecule has 228 valence electrons. The first kappa shape index (κ1) is 30.7. The van der Waals surface area contributed by atoms with Gasteiger partial charge in [0, 0.05) is 48.8 Å². The van der Waals surface area contributed by atoms with Gasteiger partial charge in [-0.3, -0.25) is 0 Å². The van der Waals surface area contributed by atoms with Gasteiger partial charge in [-0.25, -0.2) is 14.2 Å². The highest BCUT2D eigenvalue weighted by Gasteiger charge is 2.26. The van der Waals surface area contributed by atoms with Gasteiger partial charge in [0.05, 0.1) is 24.4 Å². The van der Waals surface area contributed by atoms with Crippen LogP contribution in [0.5, 0.6) is 11.5 Å². The summed E-state index contributed by atoms with van der Waals surface area (Å²) in [6, 6.07) is 18.9. The average molecular weight is 606 g/mol. The highest BCUT2D eigenvalue weighted by Crippen LogP contribution is 2.29. The van der Waals surface area contributed by atoms with Crippen LogP contribution in [0.15, 0.2) is 71.8 Å². The Morgan fingerprint density at radius 3 is 2.56 bits per heavy atom. The van der Waals surface area contributed by atoms with Crippen LogP contribution in [-0.4, -0.2) is 57.6 Å². The highest BCUT2D eigenvalue weighted by molar-refractivity contribution is 7.86. The quantitative estimate of drug-likeness (QED) is 0.124. The van der Waals surface area contributed by atoms with Crippen LogP contribution in [0.2, 0.25) is 0 Å². The van der Waals surface area contributed by atoms with E-state index in [2.05, 4.69) is 29.8 Å². The van der Waals surface area contributed by atoms with Crippen molar-refractivity contribution in [3.8, 4) is 22.8 Å². The van der Waals surface area contributed by atoms with Gasteiger partial charge >= 0.3 is 0 Å². The van der Waals surface area contributed by atoms with Crippen molar-refractivity contribution in [1.82, 2.24) is 9.97 Å². The molecule has 2 aromatic heterocycles. The van der Waals surface area contributed by atoms with E-state index in [-0.39, 0.29) is 4.90 Å². The van der Waals surface area contributed by atoms with E-state index in [1.165, 1.54) is 6.07 Å². The lowest BCUT2D eigenvalue weighted by atomic mass is 10.1. The summed E-state index contributed by atoms with van der Waals surface area (Å²) in [6.07, 6.45) is 4.11. The van der Waals surface area contributed by atoms with E-state index in [0.717, 1.165) is 59.7 Å². The molecule has 43 heavy (non-hydrogen) atoms. The maximum absolute atomic E-state index is 12.9. The second-order valence-electron chi connectivity index (χ2n) is 10.4. The summed E-state index contributed by atoms with van der Waals surface area (Å²) in [4.78, 5) is 11.7. The van der Waals surface area contributed by atoms with Gasteiger partial charge in [0.15, 0.2) is 6.29 Å². The summed E-state index contributed by atoms with van der Waals surface area (Å²) < 4.78 is 48.4. The number of fused-ring (bicyclic) bond motifs is 1. The van der Waals surface area contributed by atoms with Gasteiger partial charge in [-0.1, -0.05) is 12.1 Å². The van der Waals surface area contributed by atoms with E-state index >= 15 is 0 Å². The summed E-state index contributed by atoms with van der Waals surface area (Å²) >= 11 is 0. The zero-order chi connectivity index (χ0) is 30.2. The van der Waals surface area contributed by atoms with Gasteiger partial charge in [-0.05, 0) is 88.6 Å². The lowest BCUT2D eigenvalue weighted by Gasteiger charge is -2.22. The summed E-state index contributed by atoms with van der Waals surface area (Å²) in [6.45, 7) is 9.12. The predicted molar refractivity (Wildman–Crippen MR) is 167 cm³/mol. The van der Waals surface area contributed by atoms with Gasteiger partial charge in [-0.2, -0.15) is 8.42 Å². The highest BCUT2D eigenvalue weighted by atomic mass is 32.2. The van der Waals surface area contributed by atoms with E-state index in [1.807, 2.05) is 42.6 Å². The van der Waals surface area contributed by atoms with Crippen molar-refractivity contribution in [3.63, 3.8) is 0 Å². The van der Waals surface area contributed by atoms with Crippen LogP contribution in [0.3, 0.4) is 0 Å². The van der Waals surface area contributed by atoms with Crippen molar-refractivity contribution in [2.45, 2.75) is 57.6 Å². The van der Waals surface area contributed by atoms with E-state index in [0.29, 0.717) is 44.0 Å². The summed E-state index contributed by atoms with van der Waals surface area (Å²) in [5.74, 6) is 2.21. The standard InChI is InChI=1S/C33H39N3O6S/c1-4-36(5-2)32-18-14-26(23-34-32)29-16-13-25-22-27(15-17-28(25)35-29)39-20-9-21-40-30-10-8-11-31(24(30)3)43(37,38)42-33-12-6-7-19-41-33/h8,10-11,13-18,22-23,33H,4-7,9,12,19-21H2,1-3H3.